The summed E-state index contributed by atoms with van der Waals surface area (Å²) in [7, 11) is -1.52. The Bertz CT molecular complexity index is 669. The van der Waals surface area contributed by atoms with Crippen LogP contribution in [0.2, 0.25) is 0 Å². The number of nitrogens with zero attached hydrogens (tertiary/aromatic N) is 1. The molecule has 2 rings (SSSR count). The van der Waals surface area contributed by atoms with Crippen LogP contribution in [0.15, 0.2) is 29.2 Å². The molecule has 0 spiro atoms. The minimum absolute atomic E-state index is 0. The second-order valence-electron chi connectivity index (χ2n) is 6.72. The van der Waals surface area contributed by atoms with Gasteiger partial charge >= 0.3 is 0 Å². The maximum absolute atomic E-state index is 12.9. The molecule has 0 unspecified atom stereocenters. The summed E-state index contributed by atoms with van der Waals surface area (Å²) in [5.74, 6) is 0.470. The summed E-state index contributed by atoms with van der Waals surface area (Å²) < 4.78 is 25.1. The van der Waals surface area contributed by atoms with Gasteiger partial charge in [0.1, 0.15) is 0 Å². The zero-order chi connectivity index (χ0) is 17.7. The summed E-state index contributed by atoms with van der Waals surface area (Å²) in [5, 5.41) is 2.62. The molecule has 1 N–H and O–H groups in total. The highest BCUT2D eigenvalue weighted by Crippen LogP contribution is 2.25. The van der Waals surface area contributed by atoms with E-state index in [1.54, 1.807) is 43.0 Å². The van der Waals surface area contributed by atoms with Crippen LogP contribution in [0.4, 0.5) is 0 Å². The molecule has 0 saturated carbocycles. The van der Waals surface area contributed by atoms with E-state index < -0.39 is 15.1 Å². The smallest absolute Gasteiger partial charge is 0.255 e. The lowest BCUT2D eigenvalue weighted by atomic mass is 9.93. The van der Waals surface area contributed by atoms with Crippen LogP contribution in [0.1, 0.15) is 43.5 Å². The van der Waals surface area contributed by atoms with Gasteiger partial charge < -0.3 is 10.2 Å². The summed E-state index contributed by atoms with van der Waals surface area (Å²) in [6, 6.07) is 6.58. The lowest BCUT2D eigenvalue weighted by Gasteiger charge is -2.32. The Hall–Kier alpha value is -1.11. The van der Waals surface area contributed by atoms with E-state index >= 15 is 0 Å². The van der Waals surface area contributed by atoms with E-state index in [-0.39, 0.29) is 23.2 Å². The van der Waals surface area contributed by atoms with E-state index in [2.05, 4.69) is 5.32 Å². The molecular weight excluding hydrogens is 360 g/mol. The monoisotopic (exact) mass is 388 g/mol. The summed E-state index contributed by atoms with van der Waals surface area (Å²) in [6.07, 6.45) is 3.08. The molecule has 0 aliphatic carbocycles. The number of hydrogen-bond donors (Lipinski definition) is 1. The minimum Gasteiger partial charge on any atom is -0.339 e. The van der Waals surface area contributed by atoms with Crippen molar-refractivity contribution < 1.29 is 13.2 Å². The Morgan fingerprint density at radius 2 is 1.84 bits per heavy atom. The van der Waals surface area contributed by atoms with Crippen LogP contribution in [-0.2, 0) is 9.84 Å². The molecule has 142 valence electrons. The number of halogens is 1. The quantitative estimate of drug-likeness (QED) is 0.813. The SMILES string of the molecule is CNCCC1CCN(C(=O)c2ccccc2S(=O)(=O)C(C)C)CC1.Cl. The van der Waals surface area contributed by atoms with E-state index in [4.69, 9.17) is 0 Å². The Morgan fingerprint density at radius 3 is 2.40 bits per heavy atom. The van der Waals surface area contributed by atoms with Gasteiger partial charge in [-0.1, -0.05) is 12.1 Å². The zero-order valence-corrected chi connectivity index (χ0v) is 16.8. The first-order valence-corrected chi connectivity index (χ1v) is 10.2. The van der Waals surface area contributed by atoms with Crippen molar-refractivity contribution in [2.24, 2.45) is 5.92 Å². The number of sulfone groups is 1. The molecule has 25 heavy (non-hydrogen) atoms. The van der Waals surface area contributed by atoms with Crippen LogP contribution in [0, 0.1) is 5.92 Å². The summed E-state index contributed by atoms with van der Waals surface area (Å²) in [6.45, 7) is 5.67. The second kappa shape index (κ2) is 9.55. The van der Waals surface area contributed by atoms with Crippen molar-refractivity contribution in [3.63, 3.8) is 0 Å². The fraction of sp³-hybridized carbons (Fsp3) is 0.611. The molecular formula is C18H29ClN2O3S. The Morgan fingerprint density at radius 1 is 1.24 bits per heavy atom. The first-order valence-electron chi connectivity index (χ1n) is 8.64. The number of benzene rings is 1. The first kappa shape index (κ1) is 21.9. The van der Waals surface area contributed by atoms with Gasteiger partial charge in [-0.3, -0.25) is 4.79 Å². The third-order valence-corrected chi connectivity index (χ3v) is 6.96. The number of carbonyl (C=O) groups is 1. The first-order chi connectivity index (χ1) is 11.4. The molecule has 1 aromatic carbocycles. The van der Waals surface area contributed by atoms with Gasteiger partial charge in [0.15, 0.2) is 9.84 Å². The van der Waals surface area contributed by atoms with Crippen LogP contribution in [0.3, 0.4) is 0 Å². The average molecular weight is 389 g/mol. The number of piperidine rings is 1. The molecule has 0 aromatic heterocycles. The van der Waals surface area contributed by atoms with E-state index in [1.807, 2.05) is 7.05 Å². The molecule has 1 fully saturated rings. The van der Waals surface area contributed by atoms with Crippen LogP contribution >= 0.6 is 12.4 Å². The average Bonchev–Trinajstić information content (AvgIpc) is 2.59. The third-order valence-electron chi connectivity index (χ3n) is 4.75. The van der Waals surface area contributed by atoms with Gasteiger partial charge in [-0.05, 0) is 64.8 Å². The maximum atomic E-state index is 12.9. The van der Waals surface area contributed by atoms with Crippen molar-refractivity contribution >= 4 is 28.2 Å². The number of likely N-dealkylation sites (tertiary alicyclic amines) is 1. The normalized spacial score (nSPS) is 15.9. The topological polar surface area (TPSA) is 66.5 Å². The number of carbonyl (C=O) groups excluding carboxylic acids is 1. The predicted molar refractivity (Wildman–Crippen MR) is 103 cm³/mol. The Kier molecular flexibility index (Phi) is 8.38. The maximum Gasteiger partial charge on any atom is 0.255 e. The van der Waals surface area contributed by atoms with Gasteiger partial charge in [0, 0.05) is 13.1 Å². The molecule has 1 aliphatic rings. The van der Waals surface area contributed by atoms with E-state index in [1.165, 1.54) is 0 Å². The fourth-order valence-electron chi connectivity index (χ4n) is 3.09. The van der Waals surface area contributed by atoms with E-state index in [9.17, 15) is 13.2 Å². The highest BCUT2D eigenvalue weighted by Gasteiger charge is 2.29. The van der Waals surface area contributed by atoms with Gasteiger partial charge in [-0.2, -0.15) is 0 Å². The predicted octanol–water partition coefficient (Wildman–Crippen LogP) is 2.75. The van der Waals surface area contributed by atoms with Crippen molar-refractivity contribution in [2.75, 3.05) is 26.7 Å². The molecule has 0 radical (unpaired) electrons. The van der Waals surface area contributed by atoms with Crippen molar-refractivity contribution in [1.29, 1.82) is 0 Å². The van der Waals surface area contributed by atoms with Crippen LogP contribution in [0.5, 0.6) is 0 Å². The zero-order valence-electron chi connectivity index (χ0n) is 15.2. The number of nitrogens with one attached hydrogen (secondary N) is 1. The fourth-order valence-corrected chi connectivity index (χ4v) is 4.33. The van der Waals surface area contributed by atoms with Crippen molar-refractivity contribution in [1.82, 2.24) is 10.2 Å². The molecule has 0 bridgehead atoms. The van der Waals surface area contributed by atoms with Gasteiger partial charge in [0.25, 0.3) is 5.91 Å². The van der Waals surface area contributed by atoms with Gasteiger partial charge in [-0.15, -0.1) is 12.4 Å². The number of hydrogen-bond acceptors (Lipinski definition) is 4. The molecule has 1 amide bonds. The van der Waals surface area contributed by atoms with Crippen LogP contribution in [0.25, 0.3) is 0 Å². The molecule has 1 heterocycles. The third kappa shape index (κ3) is 5.19. The standard InChI is InChI=1S/C18H28N2O3S.ClH/c1-14(2)24(22,23)17-7-5-4-6-16(17)18(21)20-12-9-15(10-13-20)8-11-19-3;/h4-7,14-15,19H,8-13H2,1-3H3;1H. The molecule has 1 aliphatic heterocycles. The Labute approximate surface area is 157 Å². The van der Waals surface area contributed by atoms with Gasteiger partial charge in [0.2, 0.25) is 0 Å². The largest absolute Gasteiger partial charge is 0.339 e. The lowest BCUT2D eigenvalue weighted by molar-refractivity contribution is 0.0683. The summed E-state index contributed by atoms with van der Waals surface area (Å²) in [4.78, 5) is 14.8. The van der Waals surface area contributed by atoms with E-state index in [0.29, 0.717) is 24.6 Å². The molecule has 1 aromatic rings. The lowest BCUT2D eigenvalue weighted by Crippen LogP contribution is -2.39. The molecule has 7 heteroatoms. The Balaban J connectivity index is 0.00000312. The van der Waals surface area contributed by atoms with Crippen molar-refractivity contribution in [3.05, 3.63) is 29.8 Å². The van der Waals surface area contributed by atoms with Crippen molar-refractivity contribution in [3.8, 4) is 0 Å². The molecule has 5 nitrogen and oxygen atoms in total. The molecule has 1 saturated heterocycles. The van der Waals surface area contributed by atoms with Crippen LogP contribution < -0.4 is 5.32 Å². The van der Waals surface area contributed by atoms with Crippen LogP contribution in [-0.4, -0.2) is 51.2 Å². The number of rotatable bonds is 6. The molecule has 0 atom stereocenters. The van der Waals surface area contributed by atoms with Gasteiger partial charge in [-0.25, -0.2) is 8.42 Å². The van der Waals surface area contributed by atoms with E-state index in [0.717, 1.165) is 25.8 Å². The number of amides is 1. The summed E-state index contributed by atoms with van der Waals surface area (Å²) >= 11 is 0. The van der Waals surface area contributed by atoms with Gasteiger partial charge in [0.05, 0.1) is 15.7 Å². The highest BCUT2D eigenvalue weighted by atomic mass is 35.5. The minimum atomic E-state index is -3.47. The second-order valence-corrected chi connectivity index (χ2v) is 9.19. The summed E-state index contributed by atoms with van der Waals surface area (Å²) in [5.41, 5.74) is 0.305. The highest BCUT2D eigenvalue weighted by molar-refractivity contribution is 7.92. The van der Waals surface area contributed by atoms with Crippen molar-refractivity contribution in [2.45, 2.75) is 43.3 Å².